The number of methoxy groups -OCH3 is 1. The molecule has 0 saturated carbocycles. The molecule has 1 saturated heterocycles. The Kier molecular flexibility index (Phi) is 8.51. The number of hydrogen-bond acceptors (Lipinski definition) is 10. The largest absolute Gasteiger partial charge is 0.492 e. The second kappa shape index (κ2) is 12.0. The standard InChI is InChI=1S/C30H40N8O5S/c1-19-8-9-20(28(39)32-22-15-21(30(2,3)4)16-23(27(22)42-6)34-44(7,40)41)14-25(19)38-18-24(33-35-38)26-17-31-29(36(26)5)37-10-12-43-13-11-37/h8-9,14-18,33-35H,10-13H2,1-7H3,(H,32,39). The summed E-state index contributed by atoms with van der Waals surface area (Å²) >= 11 is 0. The topological polar surface area (TPSA) is 142 Å². The molecule has 0 bridgehead atoms. The number of amides is 1. The molecule has 5 rings (SSSR count). The van der Waals surface area contributed by atoms with Crippen LogP contribution in [0.4, 0.5) is 23.0 Å². The number of nitrogens with one attached hydrogen (secondary N) is 4. The van der Waals surface area contributed by atoms with Crippen molar-refractivity contribution in [1.82, 2.24) is 20.5 Å². The molecule has 1 fully saturated rings. The summed E-state index contributed by atoms with van der Waals surface area (Å²) in [6.07, 6.45) is 4.82. The predicted molar refractivity (Wildman–Crippen MR) is 172 cm³/mol. The van der Waals surface area contributed by atoms with E-state index in [4.69, 9.17) is 9.47 Å². The van der Waals surface area contributed by atoms with E-state index >= 15 is 0 Å². The molecule has 0 aliphatic carbocycles. The maximum Gasteiger partial charge on any atom is 0.255 e. The molecule has 3 heterocycles. The summed E-state index contributed by atoms with van der Waals surface area (Å²) in [5.41, 5.74) is 11.3. The van der Waals surface area contributed by atoms with E-state index in [-0.39, 0.29) is 22.8 Å². The van der Waals surface area contributed by atoms with Crippen LogP contribution in [0.5, 0.6) is 5.75 Å². The first-order valence-electron chi connectivity index (χ1n) is 14.2. The Morgan fingerprint density at radius 3 is 2.48 bits per heavy atom. The van der Waals surface area contributed by atoms with Crippen molar-refractivity contribution in [1.29, 1.82) is 0 Å². The number of hydrogen-bond donors (Lipinski definition) is 4. The third-order valence-corrected chi connectivity index (χ3v) is 8.13. The lowest BCUT2D eigenvalue weighted by Crippen LogP contribution is -2.38. The molecule has 0 atom stereocenters. The summed E-state index contributed by atoms with van der Waals surface area (Å²) in [6, 6.07) is 8.93. The first kappa shape index (κ1) is 31.2. The van der Waals surface area contributed by atoms with Gasteiger partial charge < -0.3 is 24.3 Å². The van der Waals surface area contributed by atoms with Gasteiger partial charge in [0.2, 0.25) is 16.0 Å². The average molecular weight is 625 g/mol. The van der Waals surface area contributed by atoms with Crippen molar-refractivity contribution in [2.75, 3.05) is 59.6 Å². The highest BCUT2D eigenvalue weighted by molar-refractivity contribution is 7.92. The Hall–Kier alpha value is -4.27. The number of sulfonamides is 1. The maximum absolute atomic E-state index is 13.6. The average Bonchev–Trinajstić information content (AvgIpc) is 3.59. The number of benzene rings is 2. The van der Waals surface area contributed by atoms with Gasteiger partial charge >= 0.3 is 0 Å². The van der Waals surface area contributed by atoms with E-state index in [1.165, 1.54) is 7.11 Å². The highest BCUT2D eigenvalue weighted by atomic mass is 32.2. The zero-order valence-corrected chi connectivity index (χ0v) is 26.9. The van der Waals surface area contributed by atoms with Crippen LogP contribution in [0, 0.1) is 6.92 Å². The van der Waals surface area contributed by atoms with E-state index < -0.39 is 10.0 Å². The summed E-state index contributed by atoms with van der Waals surface area (Å²) < 4.78 is 39.8. The van der Waals surface area contributed by atoms with Gasteiger partial charge in [-0.15, -0.1) is 5.53 Å². The summed E-state index contributed by atoms with van der Waals surface area (Å²) in [7, 11) is -0.188. The van der Waals surface area contributed by atoms with E-state index in [1.807, 2.05) is 62.8 Å². The van der Waals surface area contributed by atoms with Crippen LogP contribution in [0.1, 0.15) is 48.0 Å². The number of hydrazine groups is 2. The van der Waals surface area contributed by atoms with Gasteiger partial charge in [0.15, 0.2) is 5.75 Å². The van der Waals surface area contributed by atoms with Gasteiger partial charge in [-0.3, -0.25) is 20.0 Å². The van der Waals surface area contributed by atoms with Gasteiger partial charge in [-0.2, -0.15) is 0 Å². The highest BCUT2D eigenvalue weighted by Crippen LogP contribution is 2.39. The van der Waals surface area contributed by atoms with Gasteiger partial charge in [0.05, 0.1) is 67.4 Å². The van der Waals surface area contributed by atoms with Crippen molar-refractivity contribution < 1.29 is 22.7 Å². The SMILES string of the molecule is COc1c(NC(=O)c2ccc(C)c(N3C=C(c4cnc(N5CCOCC5)n4C)NN3)c2)cc(C(C)(C)C)cc1NS(C)(=O)=O. The lowest BCUT2D eigenvalue weighted by molar-refractivity contribution is 0.102. The first-order valence-corrected chi connectivity index (χ1v) is 16.1. The number of carbonyl (C=O) groups is 1. The number of imidazole rings is 1. The minimum atomic E-state index is -3.60. The van der Waals surface area contributed by atoms with Crippen LogP contribution in [-0.4, -0.2) is 63.5 Å². The predicted octanol–water partition coefficient (Wildman–Crippen LogP) is 3.32. The number of ether oxygens (including phenoxy) is 2. The smallest absolute Gasteiger partial charge is 0.255 e. The van der Waals surface area contributed by atoms with Crippen LogP contribution in [-0.2, 0) is 27.2 Å². The van der Waals surface area contributed by atoms with E-state index in [2.05, 4.69) is 30.9 Å². The molecule has 44 heavy (non-hydrogen) atoms. The zero-order chi connectivity index (χ0) is 31.8. The summed E-state index contributed by atoms with van der Waals surface area (Å²) in [4.78, 5) is 20.4. The maximum atomic E-state index is 13.6. The lowest BCUT2D eigenvalue weighted by Gasteiger charge is -2.27. The van der Waals surface area contributed by atoms with E-state index in [1.54, 1.807) is 24.3 Å². The molecular formula is C30H40N8O5S. The van der Waals surface area contributed by atoms with Crippen LogP contribution in [0.25, 0.3) is 5.70 Å². The first-order chi connectivity index (χ1) is 20.7. The van der Waals surface area contributed by atoms with Crippen molar-refractivity contribution in [2.24, 2.45) is 7.05 Å². The molecule has 3 aromatic rings. The van der Waals surface area contributed by atoms with Crippen LogP contribution >= 0.6 is 0 Å². The molecule has 1 amide bonds. The fraction of sp³-hybridized carbons (Fsp3) is 0.400. The van der Waals surface area contributed by atoms with Gasteiger partial charge in [0.25, 0.3) is 5.91 Å². The fourth-order valence-corrected chi connectivity index (χ4v) is 5.69. The Balaban J connectivity index is 1.42. The summed E-state index contributed by atoms with van der Waals surface area (Å²) in [5.74, 6) is 0.717. The molecule has 14 heteroatoms. The van der Waals surface area contributed by atoms with Gasteiger partial charge in [0.1, 0.15) is 0 Å². The van der Waals surface area contributed by atoms with Crippen molar-refractivity contribution in [3.8, 4) is 5.75 Å². The van der Waals surface area contributed by atoms with Crippen LogP contribution in [0.2, 0.25) is 0 Å². The summed E-state index contributed by atoms with van der Waals surface area (Å²) in [5, 5.41) is 4.75. The van der Waals surface area contributed by atoms with E-state index in [0.29, 0.717) is 24.5 Å². The lowest BCUT2D eigenvalue weighted by atomic mass is 9.86. The van der Waals surface area contributed by atoms with Crippen molar-refractivity contribution in [2.45, 2.75) is 33.1 Å². The van der Waals surface area contributed by atoms with Gasteiger partial charge in [-0.1, -0.05) is 26.8 Å². The van der Waals surface area contributed by atoms with Gasteiger partial charge in [0, 0.05) is 25.7 Å². The molecule has 4 N–H and O–H groups in total. The number of anilines is 4. The minimum absolute atomic E-state index is 0.217. The van der Waals surface area contributed by atoms with Crippen LogP contribution in [0.15, 0.2) is 42.7 Å². The number of carbonyl (C=O) groups excluding carboxylic acids is 1. The molecule has 1 aromatic heterocycles. The highest BCUT2D eigenvalue weighted by Gasteiger charge is 2.25. The fourth-order valence-electron chi connectivity index (χ4n) is 5.14. The van der Waals surface area contributed by atoms with Gasteiger partial charge in [-0.25, -0.2) is 13.4 Å². The van der Waals surface area contributed by atoms with E-state index in [0.717, 1.165) is 53.5 Å². The normalized spacial score (nSPS) is 15.6. The van der Waals surface area contributed by atoms with Gasteiger partial charge in [-0.05, 0) is 47.7 Å². The van der Waals surface area contributed by atoms with Crippen molar-refractivity contribution >= 4 is 44.6 Å². The second-order valence-corrected chi connectivity index (χ2v) is 13.7. The molecule has 0 spiro atoms. The number of aryl methyl sites for hydroxylation is 1. The van der Waals surface area contributed by atoms with Crippen molar-refractivity contribution in [3.05, 3.63) is 65.1 Å². The Morgan fingerprint density at radius 1 is 1.11 bits per heavy atom. The Morgan fingerprint density at radius 2 is 1.82 bits per heavy atom. The molecular weight excluding hydrogens is 584 g/mol. The molecule has 0 radical (unpaired) electrons. The molecule has 2 aliphatic rings. The minimum Gasteiger partial charge on any atom is -0.492 e. The number of aromatic nitrogens is 2. The quantitative estimate of drug-likeness (QED) is 0.295. The third-order valence-electron chi connectivity index (χ3n) is 7.54. The van der Waals surface area contributed by atoms with Crippen molar-refractivity contribution in [3.63, 3.8) is 0 Å². The van der Waals surface area contributed by atoms with Crippen LogP contribution < -0.4 is 35.6 Å². The second-order valence-electron chi connectivity index (χ2n) is 11.9. The molecule has 2 aliphatic heterocycles. The monoisotopic (exact) mass is 624 g/mol. The number of nitrogens with zero attached hydrogens (tertiary/aromatic N) is 4. The molecule has 2 aromatic carbocycles. The zero-order valence-electron chi connectivity index (χ0n) is 26.1. The molecule has 0 unspecified atom stereocenters. The summed E-state index contributed by atoms with van der Waals surface area (Å²) in [6.45, 7) is 10.9. The third kappa shape index (κ3) is 6.61. The Labute approximate surface area is 258 Å². The number of rotatable bonds is 8. The molecule has 13 nitrogen and oxygen atoms in total. The van der Waals surface area contributed by atoms with Crippen LogP contribution in [0.3, 0.4) is 0 Å². The van der Waals surface area contributed by atoms with E-state index in [9.17, 15) is 13.2 Å². The number of morpholine rings is 1. The molecule has 236 valence electrons. The Bertz CT molecular complexity index is 1700.